The molecule has 0 bridgehead atoms. The molecular formula is C14H30N2O2. The summed E-state index contributed by atoms with van der Waals surface area (Å²) in [4.78, 5) is 10.8. The van der Waals surface area contributed by atoms with Crippen LogP contribution in [-0.4, -0.2) is 37.3 Å². The number of hydrogen-bond donors (Lipinski definition) is 3. The van der Waals surface area contributed by atoms with E-state index in [0.29, 0.717) is 13.1 Å². The fourth-order valence-electron chi connectivity index (χ4n) is 2.10. The van der Waals surface area contributed by atoms with Crippen molar-refractivity contribution in [3.63, 3.8) is 0 Å². The summed E-state index contributed by atoms with van der Waals surface area (Å²) in [7, 11) is 1.74. The van der Waals surface area contributed by atoms with Gasteiger partial charge in [0, 0.05) is 13.1 Å². The van der Waals surface area contributed by atoms with E-state index in [9.17, 15) is 4.79 Å². The Balaban J connectivity index is 0.000000351. The van der Waals surface area contributed by atoms with Gasteiger partial charge in [-0.3, -0.25) is 4.79 Å². The van der Waals surface area contributed by atoms with Gasteiger partial charge < -0.3 is 15.7 Å². The van der Waals surface area contributed by atoms with Crippen LogP contribution >= 0.6 is 0 Å². The first kappa shape index (κ1) is 17.4. The first-order chi connectivity index (χ1) is 8.60. The Bertz CT molecular complexity index is 204. The van der Waals surface area contributed by atoms with E-state index in [4.69, 9.17) is 5.11 Å². The Hall–Kier alpha value is -0.610. The van der Waals surface area contributed by atoms with Crippen molar-refractivity contribution in [2.24, 2.45) is 5.92 Å². The Labute approximate surface area is 112 Å². The number of nitrogens with one attached hydrogen (secondary N) is 2. The molecule has 0 aliphatic heterocycles. The van der Waals surface area contributed by atoms with Gasteiger partial charge >= 0.3 is 0 Å². The average molecular weight is 258 g/mol. The number of rotatable bonds is 5. The highest BCUT2D eigenvalue weighted by Gasteiger charge is 2.07. The third kappa shape index (κ3) is 10.5. The highest BCUT2D eigenvalue weighted by molar-refractivity contribution is 5.76. The summed E-state index contributed by atoms with van der Waals surface area (Å²) in [5.74, 6) is 0.934. The van der Waals surface area contributed by atoms with E-state index < -0.39 is 6.10 Å². The number of aliphatic hydroxyl groups excluding tert-OH is 1. The molecule has 1 amide bonds. The van der Waals surface area contributed by atoms with Crippen LogP contribution in [0.25, 0.3) is 0 Å². The molecule has 18 heavy (non-hydrogen) atoms. The number of amides is 1. The Kier molecular flexibility index (Phi) is 11.1. The first-order valence-corrected chi connectivity index (χ1v) is 7.19. The lowest BCUT2D eigenvalue weighted by atomic mass is 9.91. The quantitative estimate of drug-likeness (QED) is 0.703. The number of likely N-dealkylation sites (N-methyl/N-ethyl adjacent to an activating group) is 1. The van der Waals surface area contributed by atoms with Gasteiger partial charge in [-0.25, -0.2) is 0 Å². The van der Waals surface area contributed by atoms with Crippen LogP contribution in [0.2, 0.25) is 0 Å². The topological polar surface area (TPSA) is 61.4 Å². The van der Waals surface area contributed by atoms with Crippen molar-refractivity contribution in [2.75, 3.05) is 20.1 Å². The highest BCUT2D eigenvalue weighted by Crippen LogP contribution is 2.22. The molecule has 4 nitrogen and oxygen atoms in total. The maximum absolute atomic E-state index is 10.8. The monoisotopic (exact) mass is 258 g/mol. The lowest BCUT2D eigenvalue weighted by Gasteiger charge is -2.15. The molecule has 1 aliphatic rings. The lowest BCUT2D eigenvalue weighted by molar-refractivity contribution is -0.122. The molecule has 0 radical (unpaired) electrons. The van der Waals surface area contributed by atoms with Crippen molar-refractivity contribution in [2.45, 2.75) is 58.5 Å². The summed E-state index contributed by atoms with van der Waals surface area (Å²) in [6.45, 7) is 5.28. The number of hydrogen-bond acceptors (Lipinski definition) is 3. The number of aliphatic hydroxyl groups is 1. The van der Waals surface area contributed by atoms with E-state index in [1.165, 1.54) is 32.1 Å². The summed E-state index contributed by atoms with van der Waals surface area (Å²) in [5, 5.41) is 14.5. The zero-order valence-electron chi connectivity index (χ0n) is 12.2. The van der Waals surface area contributed by atoms with Crippen molar-refractivity contribution < 1.29 is 9.90 Å². The number of carbonyl (C=O) groups excluding carboxylic acids is 1. The summed E-state index contributed by atoms with van der Waals surface area (Å²) in [6, 6.07) is 0. The Morgan fingerprint density at radius 1 is 1.33 bits per heavy atom. The van der Waals surface area contributed by atoms with Crippen molar-refractivity contribution in [1.82, 2.24) is 10.6 Å². The molecule has 0 aromatic heterocycles. The second-order valence-electron chi connectivity index (χ2n) is 5.11. The molecule has 1 unspecified atom stereocenters. The molecular weight excluding hydrogens is 228 g/mol. The molecule has 0 aromatic rings. The smallest absolute Gasteiger partial charge is 0.222 e. The van der Waals surface area contributed by atoms with Gasteiger partial charge in [0.1, 0.15) is 0 Å². The van der Waals surface area contributed by atoms with Gasteiger partial charge in [0.2, 0.25) is 5.91 Å². The zero-order valence-corrected chi connectivity index (χ0v) is 12.2. The Morgan fingerprint density at radius 2 is 1.94 bits per heavy atom. The minimum atomic E-state index is -0.577. The van der Waals surface area contributed by atoms with E-state index in [1.54, 1.807) is 7.05 Å². The van der Waals surface area contributed by atoms with Gasteiger partial charge in [-0.2, -0.15) is 0 Å². The summed E-state index contributed by atoms with van der Waals surface area (Å²) >= 11 is 0. The average Bonchev–Trinajstić information content (AvgIpc) is 2.31. The van der Waals surface area contributed by atoms with Crippen LogP contribution < -0.4 is 10.6 Å². The molecule has 108 valence electrons. The van der Waals surface area contributed by atoms with Crippen molar-refractivity contribution in [3.8, 4) is 0 Å². The molecule has 0 spiro atoms. The van der Waals surface area contributed by atoms with Crippen LogP contribution in [-0.2, 0) is 4.79 Å². The SMILES string of the molecule is CC1CCCCC1.CCNC(=O)CC(O)CNC. The van der Waals surface area contributed by atoms with E-state index in [2.05, 4.69) is 17.6 Å². The predicted octanol–water partition coefficient (Wildman–Crippen LogP) is 1.68. The van der Waals surface area contributed by atoms with Crippen LogP contribution in [0.15, 0.2) is 0 Å². The van der Waals surface area contributed by atoms with Gasteiger partial charge in [0.15, 0.2) is 0 Å². The second kappa shape index (κ2) is 11.5. The number of carbonyl (C=O) groups is 1. The molecule has 0 saturated heterocycles. The van der Waals surface area contributed by atoms with E-state index in [-0.39, 0.29) is 12.3 Å². The van der Waals surface area contributed by atoms with Gasteiger partial charge in [0.05, 0.1) is 12.5 Å². The van der Waals surface area contributed by atoms with Gasteiger partial charge in [-0.1, -0.05) is 39.0 Å². The molecule has 1 aliphatic carbocycles. The van der Waals surface area contributed by atoms with E-state index in [0.717, 1.165) is 5.92 Å². The normalized spacial score (nSPS) is 17.6. The summed E-state index contributed by atoms with van der Waals surface area (Å²) in [6.07, 6.45) is 7.04. The highest BCUT2D eigenvalue weighted by atomic mass is 16.3. The fourth-order valence-corrected chi connectivity index (χ4v) is 2.10. The fraction of sp³-hybridized carbons (Fsp3) is 0.929. The molecule has 1 fully saturated rings. The van der Waals surface area contributed by atoms with Crippen LogP contribution in [0.5, 0.6) is 0 Å². The molecule has 1 atom stereocenters. The second-order valence-corrected chi connectivity index (χ2v) is 5.11. The van der Waals surface area contributed by atoms with Crippen LogP contribution in [0.1, 0.15) is 52.4 Å². The van der Waals surface area contributed by atoms with Gasteiger partial charge in [-0.05, 0) is 19.9 Å². The van der Waals surface area contributed by atoms with Crippen LogP contribution in [0.3, 0.4) is 0 Å². The Morgan fingerprint density at radius 3 is 2.33 bits per heavy atom. The maximum Gasteiger partial charge on any atom is 0.222 e. The largest absolute Gasteiger partial charge is 0.391 e. The minimum Gasteiger partial charge on any atom is -0.391 e. The van der Waals surface area contributed by atoms with Crippen molar-refractivity contribution in [3.05, 3.63) is 0 Å². The van der Waals surface area contributed by atoms with Crippen molar-refractivity contribution >= 4 is 5.91 Å². The van der Waals surface area contributed by atoms with Crippen LogP contribution in [0.4, 0.5) is 0 Å². The maximum atomic E-state index is 10.8. The molecule has 4 heteroatoms. The van der Waals surface area contributed by atoms with Gasteiger partial charge in [-0.15, -0.1) is 0 Å². The zero-order chi connectivity index (χ0) is 13.8. The summed E-state index contributed by atoms with van der Waals surface area (Å²) in [5.41, 5.74) is 0. The minimum absolute atomic E-state index is 0.102. The third-order valence-electron chi connectivity index (χ3n) is 3.13. The van der Waals surface area contributed by atoms with Crippen molar-refractivity contribution in [1.29, 1.82) is 0 Å². The van der Waals surface area contributed by atoms with E-state index >= 15 is 0 Å². The third-order valence-corrected chi connectivity index (χ3v) is 3.13. The molecule has 1 saturated carbocycles. The van der Waals surface area contributed by atoms with E-state index in [1.807, 2.05) is 6.92 Å². The molecule has 3 N–H and O–H groups in total. The lowest BCUT2D eigenvalue weighted by Crippen LogP contribution is -2.31. The molecule has 0 aromatic carbocycles. The molecule has 1 rings (SSSR count). The van der Waals surface area contributed by atoms with Gasteiger partial charge in [0.25, 0.3) is 0 Å². The first-order valence-electron chi connectivity index (χ1n) is 7.19. The standard InChI is InChI=1S/C7H16N2O2.C7H14/c1-3-9-7(11)4-6(10)5-8-2;1-7-5-3-2-4-6-7/h6,8,10H,3-5H2,1-2H3,(H,9,11);7H,2-6H2,1H3. The molecule has 0 heterocycles. The van der Waals surface area contributed by atoms with Crippen LogP contribution in [0, 0.1) is 5.92 Å². The predicted molar refractivity (Wildman–Crippen MR) is 75.5 cm³/mol. The summed E-state index contributed by atoms with van der Waals surface area (Å²) < 4.78 is 0.